The largest absolute Gasteiger partial charge is 0.327 e. The molecule has 0 unspecified atom stereocenters. The summed E-state index contributed by atoms with van der Waals surface area (Å²) in [7, 11) is 0. The van der Waals surface area contributed by atoms with E-state index in [1.54, 1.807) is 0 Å². The molecule has 1 fully saturated rings. The fourth-order valence-electron chi connectivity index (χ4n) is 3.15. The standard InChI is InChI=1S/C18H27N/c1-13-9-15(3)17(10-14(13)2)11-18(12-19)16-7-5-4-6-8-16/h9-11,16H,4-8,12,19H2,1-3H3. The molecule has 1 saturated carbocycles. The number of aryl methyl sites for hydroxylation is 3. The smallest absolute Gasteiger partial charge is 0.0142 e. The second kappa shape index (κ2) is 6.38. The van der Waals surface area contributed by atoms with Gasteiger partial charge in [-0.2, -0.15) is 0 Å². The summed E-state index contributed by atoms with van der Waals surface area (Å²) in [6, 6.07) is 4.60. The normalized spacial score (nSPS) is 17.8. The Balaban J connectivity index is 2.28. The number of rotatable bonds is 3. The number of hydrogen-bond donors (Lipinski definition) is 1. The van der Waals surface area contributed by atoms with Gasteiger partial charge in [0.05, 0.1) is 0 Å². The Morgan fingerprint density at radius 2 is 1.68 bits per heavy atom. The summed E-state index contributed by atoms with van der Waals surface area (Å²) in [6.45, 7) is 7.28. The van der Waals surface area contributed by atoms with Crippen molar-refractivity contribution in [3.8, 4) is 0 Å². The van der Waals surface area contributed by atoms with Gasteiger partial charge in [0.1, 0.15) is 0 Å². The first-order chi connectivity index (χ1) is 9.11. The van der Waals surface area contributed by atoms with Gasteiger partial charge in [0.25, 0.3) is 0 Å². The van der Waals surface area contributed by atoms with Gasteiger partial charge in [0, 0.05) is 6.54 Å². The Hall–Kier alpha value is -1.08. The fourth-order valence-corrected chi connectivity index (χ4v) is 3.15. The highest BCUT2D eigenvalue weighted by molar-refractivity contribution is 5.59. The predicted molar refractivity (Wildman–Crippen MR) is 84.3 cm³/mol. The highest BCUT2D eigenvalue weighted by Gasteiger charge is 2.17. The minimum Gasteiger partial charge on any atom is -0.327 e. The van der Waals surface area contributed by atoms with Crippen molar-refractivity contribution >= 4 is 6.08 Å². The zero-order chi connectivity index (χ0) is 13.8. The van der Waals surface area contributed by atoms with Crippen molar-refractivity contribution in [1.82, 2.24) is 0 Å². The Morgan fingerprint density at radius 3 is 2.32 bits per heavy atom. The molecule has 0 aromatic heterocycles. The summed E-state index contributed by atoms with van der Waals surface area (Å²) in [5, 5.41) is 0. The maximum atomic E-state index is 6.00. The van der Waals surface area contributed by atoms with Gasteiger partial charge >= 0.3 is 0 Å². The molecule has 0 amide bonds. The van der Waals surface area contributed by atoms with Crippen molar-refractivity contribution in [3.63, 3.8) is 0 Å². The van der Waals surface area contributed by atoms with Crippen LogP contribution in [0.25, 0.3) is 6.08 Å². The molecule has 1 heteroatoms. The summed E-state index contributed by atoms with van der Waals surface area (Å²) in [5.41, 5.74) is 12.9. The summed E-state index contributed by atoms with van der Waals surface area (Å²) in [6.07, 6.45) is 9.15. The lowest BCUT2D eigenvalue weighted by atomic mass is 9.82. The molecule has 19 heavy (non-hydrogen) atoms. The lowest BCUT2D eigenvalue weighted by Crippen LogP contribution is -2.16. The maximum Gasteiger partial charge on any atom is 0.0142 e. The Bertz CT molecular complexity index is 465. The second-order valence-electron chi connectivity index (χ2n) is 6.05. The van der Waals surface area contributed by atoms with E-state index >= 15 is 0 Å². The Labute approximate surface area is 117 Å². The third-order valence-corrected chi connectivity index (χ3v) is 4.59. The van der Waals surface area contributed by atoms with E-state index in [1.807, 2.05) is 0 Å². The van der Waals surface area contributed by atoms with Crippen LogP contribution in [0.5, 0.6) is 0 Å². The van der Waals surface area contributed by atoms with Crippen molar-refractivity contribution in [2.24, 2.45) is 11.7 Å². The van der Waals surface area contributed by atoms with Crippen molar-refractivity contribution in [3.05, 3.63) is 40.0 Å². The van der Waals surface area contributed by atoms with Crippen LogP contribution in [0.4, 0.5) is 0 Å². The lowest BCUT2D eigenvalue weighted by Gasteiger charge is -2.24. The molecule has 0 aliphatic heterocycles. The van der Waals surface area contributed by atoms with Gasteiger partial charge in [-0.3, -0.25) is 0 Å². The van der Waals surface area contributed by atoms with Crippen LogP contribution in [-0.2, 0) is 0 Å². The van der Waals surface area contributed by atoms with Gasteiger partial charge in [0.15, 0.2) is 0 Å². The van der Waals surface area contributed by atoms with E-state index < -0.39 is 0 Å². The third-order valence-electron chi connectivity index (χ3n) is 4.59. The van der Waals surface area contributed by atoms with Crippen molar-refractivity contribution in [1.29, 1.82) is 0 Å². The van der Waals surface area contributed by atoms with E-state index in [0.717, 1.165) is 5.92 Å². The molecule has 2 N–H and O–H groups in total. The molecule has 1 aromatic rings. The maximum absolute atomic E-state index is 6.00. The van der Waals surface area contributed by atoms with E-state index in [1.165, 1.54) is 59.9 Å². The average Bonchev–Trinajstić information content (AvgIpc) is 2.42. The molecular formula is C18H27N. The molecule has 0 saturated heterocycles. The predicted octanol–water partition coefficient (Wildman–Crippen LogP) is 4.53. The van der Waals surface area contributed by atoms with E-state index in [9.17, 15) is 0 Å². The van der Waals surface area contributed by atoms with Crippen molar-refractivity contribution in [2.75, 3.05) is 6.54 Å². The summed E-state index contributed by atoms with van der Waals surface area (Å²) < 4.78 is 0. The topological polar surface area (TPSA) is 26.0 Å². The minimum atomic E-state index is 0.705. The van der Waals surface area contributed by atoms with Gasteiger partial charge in [-0.1, -0.05) is 43.0 Å². The second-order valence-corrected chi connectivity index (χ2v) is 6.05. The third kappa shape index (κ3) is 3.48. The first kappa shape index (κ1) is 14.3. The van der Waals surface area contributed by atoms with Crippen LogP contribution in [0, 0.1) is 26.7 Å². The SMILES string of the molecule is Cc1cc(C)c(C=C(CN)C2CCCCC2)cc1C. The van der Waals surface area contributed by atoms with Gasteiger partial charge in [-0.05, 0) is 61.8 Å². The van der Waals surface area contributed by atoms with Gasteiger partial charge < -0.3 is 5.73 Å². The van der Waals surface area contributed by atoms with Gasteiger partial charge in [0.2, 0.25) is 0 Å². The summed E-state index contributed by atoms with van der Waals surface area (Å²) >= 11 is 0. The van der Waals surface area contributed by atoms with Crippen molar-refractivity contribution in [2.45, 2.75) is 52.9 Å². The van der Waals surface area contributed by atoms with Crippen LogP contribution in [0.3, 0.4) is 0 Å². The molecule has 2 rings (SSSR count). The number of nitrogens with two attached hydrogens (primary N) is 1. The quantitative estimate of drug-likeness (QED) is 0.845. The Morgan fingerprint density at radius 1 is 1.05 bits per heavy atom. The van der Waals surface area contributed by atoms with E-state index in [0.29, 0.717) is 6.54 Å². The highest BCUT2D eigenvalue weighted by atomic mass is 14.5. The average molecular weight is 257 g/mol. The monoisotopic (exact) mass is 257 g/mol. The van der Waals surface area contributed by atoms with Crippen LogP contribution in [0.15, 0.2) is 17.7 Å². The van der Waals surface area contributed by atoms with Crippen LogP contribution in [0.2, 0.25) is 0 Å². The zero-order valence-corrected chi connectivity index (χ0v) is 12.6. The van der Waals surface area contributed by atoms with E-state index in [4.69, 9.17) is 5.73 Å². The zero-order valence-electron chi connectivity index (χ0n) is 12.6. The molecule has 1 aliphatic rings. The first-order valence-corrected chi connectivity index (χ1v) is 7.60. The van der Waals surface area contributed by atoms with Crippen LogP contribution < -0.4 is 5.73 Å². The van der Waals surface area contributed by atoms with E-state index in [-0.39, 0.29) is 0 Å². The highest BCUT2D eigenvalue weighted by Crippen LogP contribution is 2.31. The van der Waals surface area contributed by atoms with Crippen LogP contribution in [-0.4, -0.2) is 6.54 Å². The van der Waals surface area contributed by atoms with Crippen molar-refractivity contribution < 1.29 is 0 Å². The van der Waals surface area contributed by atoms with Gasteiger partial charge in [-0.15, -0.1) is 0 Å². The van der Waals surface area contributed by atoms with Crippen LogP contribution >= 0.6 is 0 Å². The number of benzene rings is 1. The Kier molecular flexibility index (Phi) is 4.81. The van der Waals surface area contributed by atoms with Crippen LogP contribution in [0.1, 0.15) is 54.4 Å². The molecule has 0 spiro atoms. The molecule has 104 valence electrons. The van der Waals surface area contributed by atoms with E-state index in [2.05, 4.69) is 39.0 Å². The fraction of sp³-hybridized carbons (Fsp3) is 0.556. The molecule has 0 heterocycles. The molecule has 1 aliphatic carbocycles. The minimum absolute atomic E-state index is 0.705. The number of hydrogen-bond acceptors (Lipinski definition) is 1. The molecular weight excluding hydrogens is 230 g/mol. The molecule has 1 nitrogen and oxygen atoms in total. The van der Waals surface area contributed by atoms with Gasteiger partial charge in [-0.25, -0.2) is 0 Å². The lowest BCUT2D eigenvalue weighted by molar-refractivity contribution is 0.401. The summed E-state index contributed by atoms with van der Waals surface area (Å²) in [4.78, 5) is 0. The molecule has 1 aromatic carbocycles. The molecule has 0 bridgehead atoms. The molecule has 0 radical (unpaired) electrons. The summed E-state index contributed by atoms with van der Waals surface area (Å²) in [5.74, 6) is 0.722. The molecule has 0 atom stereocenters. The first-order valence-electron chi connectivity index (χ1n) is 7.60.